The average Bonchev–Trinajstić information content (AvgIpc) is 2.75. The van der Waals surface area contributed by atoms with Gasteiger partial charge >= 0.3 is 17.8 Å². The highest BCUT2D eigenvalue weighted by molar-refractivity contribution is 6.39. The summed E-state index contributed by atoms with van der Waals surface area (Å²) in [6.45, 7) is 0. The van der Waals surface area contributed by atoms with Crippen molar-refractivity contribution in [1.29, 1.82) is 0 Å². The minimum Gasteiger partial charge on any atom is -0.507 e. The molecule has 2 amide bonds. The van der Waals surface area contributed by atoms with E-state index in [2.05, 4.69) is 20.6 Å². The van der Waals surface area contributed by atoms with Crippen LogP contribution in [0.2, 0.25) is 0 Å². The number of esters is 1. The quantitative estimate of drug-likeness (QED) is 0.273. The van der Waals surface area contributed by atoms with E-state index in [4.69, 9.17) is 0 Å². The molecule has 0 aliphatic carbocycles. The van der Waals surface area contributed by atoms with Crippen LogP contribution in [-0.2, 0) is 14.3 Å². The van der Waals surface area contributed by atoms with E-state index in [1.54, 1.807) is 6.07 Å². The van der Waals surface area contributed by atoms with E-state index in [0.717, 1.165) is 10.8 Å². The van der Waals surface area contributed by atoms with Gasteiger partial charge < -0.3 is 15.2 Å². The summed E-state index contributed by atoms with van der Waals surface area (Å²) in [5.41, 5.74) is 3.18. The molecule has 0 aliphatic heterocycles. The smallest absolute Gasteiger partial charge is 0.337 e. The number of nitrogens with one attached hydrogen (secondary N) is 2. The lowest BCUT2D eigenvalue weighted by atomic mass is 10.0. The first-order chi connectivity index (χ1) is 14.0. The number of carbonyl (C=O) groups excluding carboxylic acids is 3. The fraction of sp³-hybridized carbons (Fsp3) is 0.0476. The molecule has 0 bridgehead atoms. The zero-order valence-corrected chi connectivity index (χ0v) is 15.4. The number of hydrogen-bond acceptors (Lipinski definition) is 6. The number of methoxy groups -OCH3 is 1. The van der Waals surface area contributed by atoms with Crippen molar-refractivity contribution in [2.75, 3.05) is 12.4 Å². The molecule has 0 unspecified atom stereocenters. The molecule has 0 radical (unpaired) electrons. The van der Waals surface area contributed by atoms with Crippen molar-refractivity contribution in [3.63, 3.8) is 0 Å². The molecule has 3 aromatic carbocycles. The van der Waals surface area contributed by atoms with Gasteiger partial charge in [0.25, 0.3) is 0 Å². The van der Waals surface area contributed by atoms with Crippen molar-refractivity contribution < 1.29 is 24.2 Å². The Labute approximate surface area is 165 Å². The number of rotatable bonds is 4. The van der Waals surface area contributed by atoms with Crippen molar-refractivity contribution in [2.45, 2.75) is 0 Å². The first-order valence-corrected chi connectivity index (χ1v) is 8.53. The summed E-state index contributed by atoms with van der Waals surface area (Å²) in [4.78, 5) is 35.3. The van der Waals surface area contributed by atoms with Gasteiger partial charge in [-0.2, -0.15) is 5.10 Å². The van der Waals surface area contributed by atoms with Gasteiger partial charge in [-0.25, -0.2) is 10.2 Å². The van der Waals surface area contributed by atoms with Crippen LogP contribution in [0.4, 0.5) is 5.69 Å². The summed E-state index contributed by atoms with van der Waals surface area (Å²) in [6.07, 6.45) is 1.27. The number of phenols is 1. The number of hydrazone groups is 1. The topological polar surface area (TPSA) is 117 Å². The molecule has 8 nitrogen and oxygen atoms in total. The fourth-order valence-electron chi connectivity index (χ4n) is 2.62. The Balaban J connectivity index is 1.64. The molecule has 3 N–H and O–H groups in total. The molecular weight excluding hydrogens is 374 g/mol. The van der Waals surface area contributed by atoms with Crippen LogP contribution in [0.1, 0.15) is 15.9 Å². The summed E-state index contributed by atoms with van der Waals surface area (Å²) in [6, 6.07) is 16.5. The van der Waals surface area contributed by atoms with Crippen molar-refractivity contribution in [1.82, 2.24) is 5.43 Å². The molecule has 0 fully saturated rings. The Morgan fingerprint density at radius 2 is 1.69 bits per heavy atom. The molecule has 0 aliphatic rings. The van der Waals surface area contributed by atoms with Gasteiger partial charge in [0.15, 0.2) is 0 Å². The predicted octanol–water partition coefficient (Wildman–Crippen LogP) is 2.42. The molecular formula is C21H17N3O5. The van der Waals surface area contributed by atoms with E-state index in [-0.39, 0.29) is 5.75 Å². The summed E-state index contributed by atoms with van der Waals surface area (Å²) >= 11 is 0. The lowest BCUT2D eigenvalue weighted by Gasteiger charge is -2.06. The molecule has 29 heavy (non-hydrogen) atoms. The summed E-state index contributed by atoms with van der Waals surface area (Å²) < 4.78 is 4.59. The van der Waals surface area contributed by atoms with Gasteiger partial charge in [0, 0.05) is 11.3 Å². The number of fused-ring (bicyclic) bond motifs is 1. The van der Waals surface area contributed by atoms with E-state index in [0.29, 0.717) is 16.8 Å². The van der Waals surface area contributed by atoms with E-state index in [9.17, 15) is 19.5 Å². The van der Waals surface area contributed by atoms with E-state index in [1.807, 2.05) is 24.3 Å². The Morgan fingerprint density at radius 1 is 0.966 bits per heavy atom. The predicted molar refractivity (Wildman–Crippen MR) is 108 cm³/mol. The third-order valence-corrected chi connectivity index (χ3v) is 4.08. The SMILES string of the molecule is COC(=O)c1ccc(NC(=O)C(=O)N/N=C\c2c(O)ccc3ccccc23)cc1. The standard InChI is InChI=1S/C21H17N3O5/c1-29-21(28)14-6-9-15(10-7-14)23-19(26)20(27)24-22-12-17-16-5-3-2-4-13(16)8-11-18(17)25/h2-12,25H,1H3,(H,23,26)(H,24,27)/b22-12-. The molecule has 0 aromatic heterocycles. The monoisotopic (exact) mass is 391 g/mol. The van der Waals surface area contributed by atoms with Crippen LogP contribution < -0.4 is 10.7 Å². The summed E-state index contributed by atoms with van der Waals surface area (Å²) in [5, 5.41) is 17.8. The second-order valence-corrected chi connectivity index (χ2v) is 5.94. The number of carbonyl (C=O) groups is 3. The zero-order valence-electron chi connectivity index (χ0n) is 15.4. The maximum atomic E-state index is 12.0. The summed E-state index contributed by atoms with van der Waals surface area (Å²) in [7, 11) is 1.26. The molecule has 3 rings (SSSR count). The van der Waals surface area contributed by atoms with Gasteiger partial charge in [-0.3, -0.25) is 9.59 Å². The highest BCUT2D eigenvalue weighted by Gasteiger charge is 2.14. The Bertz CT molecular complexity index is 1110. The normalized spacial score (nSPS) is 10.7. The first kappa shape index (κ1) is 19.6. The van der Waals surface area contributed by atoms with Crippen LogP contribution in [0.3, 0.4) is 0 Å². The molecule has 0 atom stereocenters. The van der Waals surface area contributed by atoms with Crippen LogP contribution in [0.15, 0.2) is 65.8 Å². The summed E-state index contributed by atoms with van der Waals surface area (Å²) in [5.74, 6) is -2.43. The van der Waals surface area contributed by atoms with Gasteiger partial charge in [-0.1, -0.05) is 30.3 Å². The van der Waals surface area contributed by atoms with Crippen molar-refractivity contribution in [3.8, 4) is 5.75 Å². The van der Waals surface area contributed by atoms with Crippen LogP contribution >= 0.6 is 0 Å². The van der Waals surface area contributed by atoms with Crippen LogP contribution in [0, 0.1) is 0 Å². The van der Waals surface area contributed by atoms with Gasteiger partial charge in [0.2, 0.25) is 0 Å². The van der Waals surface area contributed by atoms with Crippen LogP contribution in [-0.4, -0.2) is 36.2 Å². The molecule has 3 aromatic rings. The second kappa shape index (κ2) is 8.66. The lowest BCUT2D eigenvalue weighted by molar-refractivity contribution is -0.136. The number of phenolic OH excluding ortho intramolecular Hbond substituents is 1. The highest BCUT2D eigenvalue weighted by Crippen LogP contribution is 2.25. The van der Waals surface area contributed by atoms with Crippen molar-refractivity contribution in [2.24, 2.45) is 5.10 Å². The zero-order chi connectivity index (χ0) is 20.8. The lowest BCUT2D eigenvalue weighted by Crippen LogP contribution is -2.32. The minimum atomic E-state index is -0.988. The van der Waals surface area contributed by atoms with Crippen LogP contribution in [0.5, 0.6) is 5.75 Å². The van der Waals surface area contributed by atoms with Gasteiger partial charge in [0.05, 0.1) is 18.9 Å². The second-order valence-electron chi connectivity index (χ2n) is 5.94. The average molecular weight is 391 g/mol. The third-order valence-electron chi connectivity index (χ3n) is 4.08. The number of ether oxygens (including phenoxy) is 1. The number of hydrogen-bond donors (Lipinski definition) is 3. The molecule has 0 spiro atoms. The minimum absolute atomic E-state index is 0.00292. The van der Waals surface area contributed by atoms with Gasteiger partial charge in [0.1, 0.15) is 5.75 Å². The van der Waals surface area contributed by atoms with E-state index >= 15 is 0 Å². The van der Waals surface area contributed by atoms with Crippen molar-refractivity contribution in [3.05, 3.63) is 71.8 Å². The number of anilines is 1. The first-order valence-electron chi connectivity index (χ1n) is 8.53. The maximum Gasteiger partial charge on any atom is 0.337 e. The van der Waals surface area contributed by atoms with E-state index < -0.39 is 17.8 Å². The maximum absolute atomic E-state index is 12.0. The largest absolute Gasteiger partial charge is 0.507 e. The molecule has 146 valence electrons. The fourth-order valence-corrected chi connectivity index (χ4v) is 2.62. The highest BCUT2D eigenvalue weighted by atomic mass is 16.5. The molecule has 8 heteroatoms. The number of amides is 2. The van der Waals surface area contributed by atoms with Gasteiger partial charge in [-0.15, -0.1) is 0 Å². The Hall–Kier alpha value is -4.20. The third kappa shape index (κ3) is 4.56. The van der Waals surface area contributed by atoms with Crippen molar-refractivity contribution >= 4 is 40.5 Å². The molecule has 0 heterocycles. The number of aromatic hydroxyl groups is 1. The molecule has 0 saturated heterocycles. The number of nitrogens with zero attached hydrogens (tertiary/aromatic N) is 1. The Morgan fingerprint density at radius 3 is 2.41 bits per heavy atom. The molecule has 0 saturated carbocycles. The van der Waals surface area contributed by atoms with Gasteiger partial charge in [-0.05, 0) is 41.1 Å². The number of benzene rings is 3. The van der Waals surface area contributed by atoms with Crippen LogP contribution in [0.25, 0.3) is 10.8 Å². The Kier molecular flexibility index (Phi) is 5.84. The van der Waals surface area contributed by atoms with E-state index in [1.165, 1.54) is 43.7 Å².